The molecular weight excluding hydrogens is 170 g/mol. The molecule has 0 fully saturated rings. The normalized spacial score (nSPS) is 10.3. The Bertz CT molecular complexity index is 477. The van der Waals surface area contributed by atoms with Crippen molar-refractivity contribution < 1.29 is 0 Å². The van der Waals surface area contributed by atoms with Gasteiger partial charge >= 0.3 is 0 Å². The Balaban J connectivity index is 2.73. The summed E-state index contributed by atoms with van der Waals surface area (Å²) in [6, 6.07) is 8.28. The molecule has 0 spiro atoms. The SMILES string of the molecule is C=CCc1c(C=C)[nH]c2ccccc12. The molecular formula is C13H13N. The summed E-state index contributed by atoms with van der Waals surface area (Å²) in [5.41, 5.74) is 3.55. The lowest BCUT2D eigenvalue weighted by Crippen LogP contribution is -1.81. The molecule has 0 aliphatic rings. The van der Waals surface area contributed by atoms with Gasteiger partial charge in [0.05, 0.1) is 0 Å². The van der Waals surface area contributed by atoms with Crippen molar-refractivity contribution in [3.63, 3.8) is 0 Å². The van der Waals surface area contributed by atoms with Crippen molar-refractivity contribution in [3.8, 4) is 0 Å². The second-order valence-corrected chi connectivity index (χ2v) is 3.26. The van der Waals surface area contributed by atoms with Crippen LogP contribution in [-0.4, -0.2) is 4.98 Å². The fourth-order valence-electron chi connectivity index (χ4n) is 1.76. The molecule has 0 saturated heterocycles. The minimum Gasteiger partial charge on any atom is -0.355 e. The predicted molar refractivity (Wildman–Crippen MR) is 62.3 cm³/mol. The largest absolute Gasteiger partial charge is 0.355 e. The van der Waals surface area contributed by atoms with Gasteiger partial charge in [0.25, 0.3) is 0 Å². The van der Waals surface area contributed by atoms with Gasteiger partial charge < -0.3 is 4.98 Å². The van der Waals surface area contributed by atoms with Crippen LogP contribution in [0.2, 0.25) is 0 Å². The van der Waals surface area contributed by atoms with Crippen molar-refractivity contribution in [2.24, 2.45) is 0 Å². The molecule has 0 aliphatic heterocycles. The highest BCUT2D eigenvalue weighted by Gasteiger charge is 2.06. The number of H-pyrrole nitrogens is 1. The average Bonchev–Trinajstić information content (AvgIpc) is 2.58. The molecule has 0 amide bonds. The third-order valence-corrected chi connectivity index (χ3v) is 2.40. The molecule has 0 atom stereocenters. The Labute approximate surface area is 83.8 Å². The highest BCUT2D eigenvalue weighted by molar-refractivity contribution is 5.87. The van der Waals surface area contributed by atoms with Crippen LogP contribution in [0.5, 0.6) is 0 Å². The highest BCUT2D eigenvalue weighted by Crippen LogP contribution is 2.23. The van der Waals surface area contributed by atoms with Crippen LogP contribution in [0.4, 0.5) is 0 Å². The number of allylic oxidation sites excluding steroid dienone is 1. The minimum absolute atomic E-state index is 0.880. The summed E-state index contributed by atoms with van der Waals surface area (Å²) in [6.07, 6.45) is 4.66. The van der Waals surface area contributed by atoms with Crippen LogP contribution >= 0.6 is 0 Å². The van der Waals surface area contributed by atoms with E-state index in [1.165, 1.54) is 16.5 Å². The summed E-state index contributed by atoms with van der Waals surface area (Å²) in [5, 5.41) is 1.27. The molecule has 1 nitrogen and oxygen atoms in total. The predicted octanol–water partition coefficient (Wildman–Crippen LogP) is 3.54. The quantitative estimate of drug-likeness (QED) is 0.700. The molecule has 1 N–H and O–H groups in total. The van der Waals surface area contributed by atoms with Gasteiger partial charge in [0, 0.05) is 16.6 Å². The summed E-state index contributed by atoms with van der Waals surface area (Å²) in [5.74, 6) is 0. The van der Waals surface area contributed by atoms with Gasteiger partial charge in [0.15, 0.2) is 0 Å². The molecule has 0 bridgehead atoms. The van der Waals surface area contributed by atoms with E-state index in [9.17, 15) is 0 Å². The van der Waals surface area contributed by atoms with Crippen LogP contribution in [0, 0.1) is 0 Å². The maximum absolute atomic E-state index is 3.80. The number of nitrogens with one attached hydrogen (secondary N) is 1. The first-order chi connectivity index (χ1) is 6.86. The number of aromatic nitrogens is 1. The van der Waals surface area contributed by atoms with Gasteiger partial charge in [-0.25, -0.2) is 0 Å². The number of benzene rings is 1. The van der Waals surface area contributed by atoms with Gasteiger partial charge in [-0.1, -0.05) is 30.9 Å². The van der Waals surface area contributed by atoms with E-state index in [2.05, 4.69) is 36.3 Å². The number of rotatable bonds is 3. The first-order valence-electron chi connectivity index (χ1n) is 4.69. The number of fused-ring (bicyclic) bond motifs is 1. The van der Waals surface area contributed by atoms with Gasteiger partial charge in [0.2, 0.25) is 0 Å². The first-order valence-corrected chi connectivity index (χ1v) is 4.69. The molecule has 1 heteroatoms. The van der Waals surface area contributed by atoms with Crippen LogP contribution in [0.1, 0.15) is 11.3 Å². The third-order valence-electron chi connectivity index (χ3n) is 2.40. The third kappa shape index (κ3) is 1.27. The fourth-order valence-corrected chi connectivity index (χ4v) is 1.76. The second-order valence-electron chi connectivity index (χ2n) is 3.26. The van der Waals surface area contributed by atoms with Crippen LogP contribution in [0.3, 0.4) is 0 Å². The van der Waals surface area contributed by atoms with Gasteiger partial charge in [-0.15, -0.1) is 6.58 Å². The van der Waals surface area contributed by atoms with Crippen molar-refractivity contribution in [2.75, 3.05) is 0 Å². The summed E-state index contributed by atoms with van der Waals surface area (Å²) < 4.78 is 0. The average molecular weight is 183 g/mol. The Morgan fingerprint density at radius 2 is 2.00 bits per heavy atom. The van der Waals surface area contributed by atoms with Crippen molar-refractivity contribution in [2.45, 2.75) is 6.42 Å². The Morgan fingerprint density at radius 1 is 1.21 bits per heavy atom. The van der Waals surface area contributed by atoms with Crippen molar-refractivity contribution >= 4 is 17.0 Å². The van der Waals surface area contributed by atoms with E-state index in [1.807, 2.05) is 18.2 Å². The summed E-state index contributed by atoms with van der Waals surface area (Å²) in [6.45, 7) is 7.57. The Kier molecular flexibility index (Phi) is 2.23. The number of hydrogen-bond donors (Lipinski definition) is 1. The number of aromatic amines is 1. The Hall–Kier alpha value is -1.76. The van der Waals surface area contributed by atoms with Crippen molar-refractivity contribution in [1.29, 1.82) is 0 Å². The summed E-state index contributed by atoms with van der Waals surface area (Å²) in [7, 11) is 0. The molecule has 0 saturated carbocycles. The summed E-state index contributed by atoms with van der Waals surface area (Å²) in [4.78, 5) is 3.33. The van der Waals surface area contributed by atoms with E-state index in [1.54, 1.807) is 0 Å². The molecule has 0 aliphatic carbocycles. The minimum atomic E-state index is 0.880. The zero-order valence-electron chi connectivity index (χ0n) is 8.09. The van der Waals surface area contributed by atoms with Gasteiger partial charge in [-0.2, -0.15) is 0 Å². The van der Waals surface area contributed by atoms with Crippen LogP contribution in [0.25, 0.3) is 17.0 Å². The first kappa shape index (κ1) is 8.82. The lowest BCUT2D eigenvalue weighted by Gasteiger charge is -1.95. The molecule has 14 heavy (non-hydrogen) atoms. The molecule has 70 valence electrons. The lowest BCUT2D eigenvalue weighted by molar-refractivity contribution is 1.27. The number of hydrogen-bond acceptors (Lipinski definition) is 0. The maximum atomic E-state index is 3.80. The molecule has 0 radical (unpaired) electrons. The zero-order chi connectivity index (χ0) is 9.97. The topological polar surface area (TPSA) is 15.8 Å². The molecule has 2 aromatic rings. The smallest absolute Gasteiger partial charge is 0.0461 e. The van der Waals surface area contributed by atoms with E-state index in [4.69, 9.17) is 0 Å². The monoisotopic (exact) mass is 183 g/mol. The van der Waals surface area contributed by atoms with Gasteiger partial charge in [0.1, 0.15) is 0 Å². The molecule has 0 unspecified atom stereocenters. The van der Waals surface area contributed by atoms with Crippen molar-refractivity contribution in [3.05, 3.63) is 54.8 Å². The van der Waals surface area contributed by atoms with E-state index in [0.717, 1.165) is 12.1 Å². The van der Waals surface area contributed by atoms with Crippen LogP contribution < -0.4 is 0 Å². The lowest BCUT2D eigenvalue weighted by atomic mass is 10.1. The van der Waals surface area contributed by atoms with Crippen LogP contribution in [0.15, 0.2) is 43.5 Å². The van der Waals surface area contributed by atoms with E-state index < -0.39 is 0 Å². The zero-order valence-corrected chi connectivity index (χ0v) is 8.09. The molecule has 1 heterocycles. The highest BCUT2D eigenvalue weighted by atomic mass is 14.7. The van der Waals surface area contributed by atoms with E-state index in [0.29, 0.717) is 0 Å². The standard InChI is InChI=1S/C13H13N/c1-3-7-10-11-8-5-6-9-13(11)14-12(10)4-2/h3-6,8-9,14H,1-2,7H2. The fraction of sp³-hybridized carbons (Fsp3) is 0.0769. The second kappa shape index (κ2) is 3.54. The van der Waals surface area contributed by atoms with Crippen LogP contribution in [-0.2, 0) is 6.42 Å². The molecule has 1 aromatic carbocycles. The van der Waals surface area contributed by atoms with Gasteiger partial charge in [-0.3, -0.25) is 0 Å². The van der Waals surface area contributed by atoms with E-state index >= 15 is 0 Å². The summed E-state index contributed by atoms with van der Waals surface area (Å²) >= 11 is 0. The van der Waals surface area contributed by atoms with E-state index in [-0.39, 0.29) is 0 Å². The van der Waals surface area contributed by atoms with Crippen molar-refractivity contribution in [1.82, 2.24) is 4.98 Å². The molecule has 1 aromatic heterocycles. The van der Waals surface area contributed by atoms with Gasteiger partial charge in [-0.05, 0) is 24.1 Å². The maximum Gasteiger partial charge on any atom is 0.0461 e. The Morgan fingerprint density at radius 3 is 2.71 bits per heavy atom. The number of para-hydroxylation sites is 1. The molecule has 2 rings (SSSR count).